The Kier molecular flexibility index (Phi) is 7.24. The van der Waals surface area contributed by atoms with E-state index >= 15 is 0 Å². The molecule has 1 unspecified atom stereocenters. The van der Waals surface area contributed by atoms with Gasteiger partial charge in [-0.25, -0.2) is 0 Å². The van der Waals surface area contributed by atoms with Crippen molar-refractivity contribution >= 4 is 23.6 Å². The molecule has 0 spiro atoms. The SMILES string of the molecule is COc1ccc(C[C@H](N)[C@H](O)C(=O)N2CSC(C)(C)C2C(=O)NC(C)(C)C)cc1. The lowest BCUT2D eigenvalue weighted by Gasteiger charge is -2.34. The van der Waals surface area contributed by atoms with E-state index < -0.39 is 34.4 Å². The van der Waals surface area contributed by atoms with Crippen LogP contribution in [0.3, 0.4) is 0 Å². The maximum atomic E-state index is 13.0. The number of aliphatic hydroxyl groups excluding tert-OH is 1. The number of hydrogen-bond donors (Lipinski definition) is 3. The van der Waals surface area contributed by atoms with Crippen LogP contribution in [0.2, 0.25) is 0 Å². The minimum absolute atomic E-state index is 0.225. The molecule has 1 aromatic rings. The molecular weight excluding hydrogens is 390 g/mol. The number of nitrogens with one attached hydrogen (secondary N) is 1. The Morgan fingerprint density at radius 2 is 1.93 bits per heavy atom. The highest BCUT2D eigenvalue weighted by Gasteiger charge is 2.49. The summed E-state index contributed by atoms with van der Waals surface area (Å²) in [6, 6.07) is 5.86. The molecule has 29 heavy (non-hydrogen) atoms. The zero-order valence-corrected chi connectivity index (χ0v) is 18.9. The molecule has 0 saturated carbocycles. The van der Waals surface area contributed by atoms with Crippen LogP contribution in [0.25, 0.3) is 0 Å². The highest BCUT2D eigenvalue weighted by Crippen LogP contribution is 2.40. The number of methoxy groups -OCH3 is 1. The van der Waals surface area contributed by atoms with Gasteiger partial charge in [-0.1, -0.05) is 12.1 Å². The van der Waals surface area contributed by atoms with Gasteiger partial charge in [-0.3, -0.25) is 9.59 Å². The molecular formula is C21H33N3O4S. The van der Waals surface area contributed by atoms with E-state index in [-0.39, 0.29) is 5.91 Å². The molecule has 0 radical (unpaired) electrons. The van der Waals surface area contributed by atoms with Crippen molar-refractivity contribution in [2.45, 2.75) is 69.5 Å². The summed E-state index contributed by atoms with van der Waals surface area (Å²) in [4.78, 5) is 27.4. The summed E-state index contributed by atoms with van der Waals surface area (Å²) in [5, 5.41) is 13.6. The van der Waals surface area contributed by atoms with Crippen LogP contribution in [0.15, 0.2) is 24.3 Å². The first-order chi connectivity index (χ1) is 13.4. The van der Waals surface area contributed by atoms with Gasteiger partial charge < -0.3 is 25.8 Å². The number of benzene rings is 1. The maximum Gasteiger partial charge on any atom is 0.254 e. The molecule has 1 aliphatic heterocycles. The summed E-state index contributed by atoms with van der Waals surface area (Å²) in [5.74, 6) is 0.318. The third-order valence-electron chi connectivity index (χ3n) is 4.86. The third kappa shape index (κ3) is 5.87. The predicted molar refractivity (Wildman–Crippen MR) is 116 cm³/mol. The van der Waals surface area contributed by atoms with Crippen molar-refractivity contribution in [2.75, 3.05) is 13.0 Å². The number of carbonyl (C=O) groups excluding carboxylic acids is 2. The van der Waals surface area contributed by atoms with E-state index in [0.717, 1.165) is 11.3 Å². The average molecular weight is 424 g/mol. The molecule has 7 nitrogen and oxygen atoms in total. The molecule has 2 amide bonds. The van der Waals surface area contributed by atoms with Gasteiger partial charge in [0, 0.05) is 16.3 Å². The predicted octanol–water partition coefficient (Wildman–Crippen LogP) is 1.52. The summed E-state index contributed by atoms with van der Waals surface area (Å²) >= 11 is 1.51. The normalized spacial score (nSPS) is 20.8. The van der Waals surface area contributed by atoms with Crippen LogP contribution in [-0.2, 0) is 16.0 Å². The molecule has 1 aromatic carbocycles. The van der Waals surface area contributed by atoms with Gasteiger partial charge in [0.05, 0.1) is 13.0 Å². The van der Waals surface area contributed by atoms with Crippen LogP contribution in [0.5, 0.6) is 5.75 Å². The van der Waals surface area contributed by atoms with Crippen molar-refractivity contribution in [1.29, 1.82) is 0 Å². The first-order valence-electron chi connectivity index (χ1n) is 9.69. The molecule has 1 aliphatic rings. The Bertz CT molecular complexity index is 730. The standard InChI is InChI=1S/C21H33N3O4S/c1-20(2,3)23-18(26)17-21(4,5)29-12-24(17)19(27)16(25)15(22)11-13-7-9-14(28-6)10-8-13/h7-10,15-17,25H,11-12,22H2,1-6H3,(H,23,26)/t15-,16-,17?/m0/s1. The molecule has 0 aromatic heterocycles. The first-order valence-corrected chi connectivity index (χ1v) is 10.7. The minimum Gasteiger partial charge on any atom is -0.497 e. The van der Waals surface area contributed by atoms with Gasteiger partial charge in [0.2, 0.25) is 5.91 Å². The lowest BCUT2D eigenvalue weighted by atomic mass is 9.96. The molecule has 2 rings (SSSR count). The van der Waals surface area contributed by atoms with Crippen molar-refractivity contribution in [3.63, 3.8) is 0 Å². The van der Waals surface area contributed by atoms with Gasteiger partial charge in [0.1, 0.15) is 17.9 Å². The van der Waals surface area contributed by atoms with Crippen LogP contribution >= 0.6 is 11.8 Å². The van der Waals surface area contributed by atoms with Gasteiger partial charge in [-0.05, 0) is 58.7 Å². The Morgan fingerprint density at radius 1 is 1.34 bits per heavy atom. The lowest BCUT2D eigenvalue weighted by molar-refractivity contribution is -0.147. The molecule has 1 fully saturated rings. The Labute approximate surface area is 177 Å². The van der Waals surface area contributed by atoms with E-state index in [9.17, 15) is 14.7 Å². The number of ether oxygens (including phenoxy) is 1. The molecule has 1 saturated heterocycles. The van der Waals surface area contributed by atoms with Crippen LogP contribution in [-0.4, -0.2) is 63.3 Å². The van der Waals surface area contributed by atoms with Crippen molar-refractivity contribution in [3.05, 3.63) is 29.8 Å². The highest BCUT2D eigenvalue weighted by molar-refractivity contribution is 8.00. The number of carbonyl (C=O) groups is 2. The van der Waals surface area contributed by atoms with Gasteiger partial charge in [0.25, 0.3) is 5.91 Å². The van der Waals surface area contributed by atoms with Crippen LogP contribution < -0.4 is 15.8 Å². The van der Waals surface area contributed by atoms with Gasteiger partial charge in [-0.2, -0.15) is 0 Å². The first kappa shape index (κ1) is 23.5. The third-order valence-corrected chi connectivity index (χ3v) is 6.24. The van der Waals surface area contributed by atoms with E-state index in [1.807, 2.05) is 58.9 Å². The van der Waals surface area contributed by atoms with Crippen molar-refractivity contribution in [1.82, 2.24) is 10.2 Å². The molecule has 4 N–H and O–H groups in total. The van der Waals surface area contributed by atoms with E-state index in [4.69, 9.17) is 10.5 Å². The quantitative estimate of drug-likeness (QED) is 0.641. The number of thioether (sulfide) groups is 1. The molecule has 8 heteroatoms. The van der Waals surface area contributed by atoms with E-state index in [1.165, 1.54) is 16.7 Å². The van der Waals surface area contributed by atoms with E-state index in [1.54, 1.807) is 7.11 Å². The summed E-state index contributed by atoms with van der Waals surface area (Å²) in [7, 11) is 1.59. The number of amides is 2. The van der Waals surface area contributed by atoms with Gasteiger partial charge in [-0.15, -0.1) is 11.8 Å². The van der Waals surface area contributed by atoms with Crippen molar-refractivity contribution in [2.24, 2.45) is 5.73 Å². The second-order valence-corrected chi connectivity index (χ2v) is 10.6. The summed E-state index contributed by atoms with van der Waals surface area (Å²) in [6.45, 7) is 9.55. The molecule has 0 bridgehead atoms. The number of nitrogens with zero attached hydrogens (tertiary/aromatic N) is 1. The maximum absolute atomic E-state index is 13.0. The molecule has 1 heterocycles. The average Bonchev–Trinajstić information content (AvgIpc) is 2.94. The minimum atomic E-state index is -1.39. The zero-order chi connectivity index (χ0) is 22.0. The van der Waals surface area contributed by atoms with Crippen molar-refractivity contribution < 1.29 is 19.4 Å². The van der Waals surface area contributed by atoms with Crippen LogP contribution in [0.4, 0.5) is 0 Å². The monoisotopic (exact) mass is 423 g/mol. The fraction of sp³-hybridized carbons (Fsp3) is 0.619. The smallest absolute Gasteiger partial charge is 0.254 e. The molecule has 162 valence electrons. The van der Waals surface area contributed by atoms with E-state index in [0.29, 0.717) is 12.3 Å². The highest BCUT2D eigenvalue weighted by atomic mass is 32.2. The fourth-order valence-electron chi connectivity index (χ4n) is 3.35. The summed E-state index contributed by atoms with van der Waals surface area (Å²) in [6.07, 6.45) is -1.06. The molecule has 3 atom stereocenters. The topological polar surface area (TPSA) is 105 Å². The number of hydrogen-bond acceptors (Lipinski definition) is 6. The summed E-state index contributed by atoms with van der Waals surface area (Å²) in [5.41, 5.74) is 6.62. The number of nitrogens with two attached hydrogens (primary N) is 1. The van der Waals surface area contributed by atoms with E-state index in [2.05, 4.69) is 5.32 Å². The Morgan fingerprint density at radius 3 is 2.45 bits per heavy atom. The number of rotatable bonds is 6. The fourth-order valence-corrected chi connectivity index (χ4v) is 4.49. The second kappa shape index (κ2) is 8.93. The van der Waals surface area contributed by atoms with Crippen LogP contribution in [0, 0.1) is 0 Å². The summed E-state index contributed by atoms with van der Waals surface area (Å²) < 4.78 is 4.67. The second-order valence-electron chi connectivity index (χ2n) is 8.99. The van der Waals surface area contributed by atoms with Gasteiger partial charge >= 0.3 is 0 Å². The Hall–Kier alpha value is -1.77. The van der Waals surface area contributed by atoms with Crippen LogP contribution in [0.1, 0.15) is 40.2 Å². The van der Waals surface area contributed by atoms with Crippen molar-refractivity contribution in [3.8, 4) is 5.75 Å². The molecule has 0 aliphatic carbocycles. The number of aliphatic hydroxyl groups is 1. The Balaban J connectivity index is 2.11. The lowest BCUT2D eigenvalue weighted by Crippen LogP contribution is -2.59. The largest absolute Gasteiger partial charge is 0.497 e. The van der Waals surface area contributed by atoms with Gasteiger partial charge in [0.15, 0.2) is 0 Å². The zero-order valence-electron chi connectivity index (χ0n) is 18.1.